The van der Waals surface area contributed by atoms with Crippen LogP contribution in [0.3, 0.4) is 0 Å². The lowest BCUT2D eigenvalue weighted by atomic mass is 10.1. The van der Waals surface area contributed by atoms with E-state index < -0.39 is 10.8 Å². The van der Waals surface area contributed by atoms with E-state index in [0.717, 1.165) is 4.47 Å². The Morgan fingerprint density at radius 3 is 2.25 bits per heavy atom. The summed E-state index contributed by atoms with van der Waals surface area (Å²) in [5, 5.41) is 8.70. The Balaban J connectivity index is 2.09. The topological polar surface area (TPSA) is 57.9 Å². The summed E-state index contributed by atoms with van der Waals surface area (Å²) >= 11 is 3.30. The minimum Gasteiger partial charge on any atom is -0.293 e. The Labute approximate surface area is 127 Å². The molecule has 0 bridgehead atoms. The van der Waals surface area contributed by atoms with Gasteiger partial charge in [-0.1, -0.05) is 28.1 Å². The lowest BCUT2D eigenvalue weighted by Gasteiger charge is -2.03. The van der Waals surface area contributed by atoms with Crippen molar-refractivity contribution in [3.63, 3.8) is 0 Å². The highest BCUT2D eigenvalue weighted by Gasteiger charge is 2.12. The number of hydrogen-bond donors (Lipinski definition) is 0. The summed E-state index contributed by atoms with van der Waals surface area (Å²) in [4.78, 5) is 12.6. The van der Waals surface area contributed by atoms with Crippen LogP contribution in [-0.2, 0) is 10.8 Å². The quantitative estimate of drug-likeness (QED) is 0.797. The molecule has 0 amide bonds. The molecule has 0 spiro atoms. The van der Waals surface area contributed by atoms with E-state index >= 15 is 0 Å². The zero-order chi connectivity index (χ0) is 14.5. The molecule has 0 saturated carbocycles. The van der Waals surface area contributed by atoms with Crippen molar-refractivity contribution in [1.82, 2.24) is 0 Å². The fourth-order valence-electron chi connectivity index (χ4n) is 1.60. The third-order valence-electron chi connectivity index (χ3n) is 2.67. The number of carbonyl (C=O) groups is 1. The normalized spacial score (nSPS) is 11.6. The average molecular weight is 348 g/mol. The van der Waals surface area contributed by atoms with Gasteiger partial charge in [-0.2, -0.15) is 5.26 Å². The number of hydrogen-bond acceptors (Lipinski definition) is 3. The summed E-state index contributed by atoms with van der Waals surface area (Å²) in [6, 6.07) is 15.4. The monoisotopic (exact) mass is 347 g/mol. The van der Waals surface area contributed by atoms with Crippen molar-refractivity contribution < 1.29 is 9.00 Å². The molecule has 0 aliphatic heterocycles. The number of nitrogens with zero attached hydrogens (tertiary/aromatic N) is 1. The Morgan fingerprint density at radius 2 is 1.70 bits per heavy atom. The van der Waals surface area contributed by atoms with Crippen molar-refractivity contribution in [2.75, 3.05) is 5.75 Å². The number of Topliss-reactive ketones (excluding diaryl/α,β-unsaturated/α-hetero) is 1. The smallest absolute Gasteiger partial charge is 0.175 e. The number of benzene rings is 2. The molecular formula is C15H10BrNO2S. The maximum absolute atomic E-state index is 12.1. The molecule has 0 heterocycles. The summed E-state index contributed by atoms with van der Waals surface area (Å²) < 4.78 is 13.0. The van der Waals surface area contributed by atoms with Gasteiger partial charge in [0.2, 0.25) is 0 Å². The fraction of sp³-hybridized carbons (Fsp3) is 0.0667. The molecule has 0 saturated heterocycles. The fourth-order valence-corrected chi connectivity index (χ4v) is 2.88. The molecular weight excluding hydrogens is 338 g/mol. The van der Waals surface area contributed by atoms with Crippen LogP contribution in [0, 0.1) is 11.3 Å². The van der Waals surface area contributed by atoms with Gasteiger partial charge in [-0.15, -0.1) is 0 Å². The lowest BCUT2D eigenvalue weighted by molar-refractivity contribution is 0.102. The molecule has 2 aromatic carbocycles. The number of ketones is 1. The first-order valence-corrected chi connectivity index (χ1v) is 7.88. The molecule has 2 aromatic rings. The second-order valence-electron chi connectivity index (χ2n) is 4.06. The molecule has 3 nitrogen and oxygen atoms in total. The van der Waals surface area contributed by atoms with Crippen LogP contribution in [0.25, 0.3) is 0 Å². The van der Waals surface area contributed by atoms with Gasteiger partial charge in [-0.3, -0.25) is 9.00 Å². The Hall–Kier alpha value is -1.77. The van der Waals surface area contributed by atoms with Crippen molar-refractivity contribution in [3.8, 4) is 6.07 Å². The molecule has 0 aromatic heterocycles. The SMILES string of the molecule is N#Cc1ccc(C(=O)CS(=O)c2ccc(Br)cc2)cc1. The molecule has 0 N–H and O–H groups in total. The van der Waals surface area contributed by atoms with Crippen LogP contribution >= 0.6 is 15.9 Å². The minimum atomic E-state index is -1.36. The van der Waals surface area contributed by atoms with E-state index in [1.807, 2.05) is 6.07 Å². The zero-order valence-corrected chi connectivity index (χ0v) is 12.8. The van der Waals surface area contributed by atoms with Crippen molar-refractivity contribution in [2.45, 2.75) is 4.90 Å². The van der Waals surface area contributed by atoms with E-state index in [9.17, 15) is 9.00 Å². The van der Waals surface area contributed by atoms with Gasteiger partial charge in [0.05, 0.1) is 28.2 Å². The summed E-state index contributed by atoms with van der Waals surface area (Å²) in [5.74, 6) is -0.260. The van der Waals surface area contributed by atoms with Crippen LogP contribution in [0.1, 0.15) is 15.9 Å². The van der Waals surface area contributed by atoms with Gasteiger partial charge in [-0.05, 0) is 36.4 Å². The molecule has 20 heavy (non-hydrogen) atoms. The van der Waals surface area contributed by atoms with Crippen LogP contribution in [0.5, 0.6) is 0 Å². The van der Waals surface area contributed by atoms with Crippen LogP contribution in [0.2, 0.25) is 0 Å². The van der Waals surface area contributed by atoms with E-state index in [0.29, 0.717) is 16.0 Å². The van der Waals surface area contributed by atoms with Gasteiger partial charge in [0.15, 0.2) is 5.78 Å². The molecule has 1 atom stereocenters. The molecule has 0 fully saturated rings. The molecule has 5 heteroatoms. The first kappa shape index (κ1) is 14.6. The van der Waals surface area contributed by atoms with Crippen molar-refractivity contribution in [2.24, 2.45) is 0 Å². The highest BCUT2D eigenvalue weighted by atomic mass is 79.9. The number of halogens is 1. The van der Waals surface area contributed by atoms with Crippen molar-refractivity contribution in [1.29, 1.82) is 5.26 Å². The summed E-state index contributed by atoms with van der Waals surface area (Å²) in [7, 11) is -1.36. The summed E-state index contributed by atoms with van der Waals surface area (Å²) in [5.41, 5.74) is 0.963. The maximum Gasteiger partial charge on any atom is 0.175 e. The second kappa shape index (κ2) is 6.60. The van der Waals surface area contributed by atoms with Crippen LogP contribution in [-0.4, -0.2) is 15.7 Å². The molecule has 1 unspecified atom stereocenters. The van der Waals surface area contributed by atoms with E-state index in [1.165, 1.54) is 0 Å². The Bertz CT molecular complexity index is 687. The summed E-state index contributed by atoms with van der Waals surface area (Å²) in [6.45, 7) is 0. The maximum atomic E-state index is 12.1. The van der Waals surface area contributed by atoms with Crippen LogP contribution in [0.4, 0.5) is 0 Å². The van der Waals surface area contributed by atoms with E-state index in [1.54, 1.807) is 48.5 Å². The van der Waals surface area contributed by atoms with Crippen LogP contribution < -0.4 is 0 Å². The van der Waals surface area contributed by atoms with Crippen LogP contribution in [0.15, 0.2) is 57.9 Å². The number of rotatable bonds is 4. The standard InChI is InChI=1S/C15H10BrNO2S/c16-13-5-7-14(8-6-13)20(19)10-15(18)12-3-1-11(9-17)2-4-12/h1-8H,10H2. The first-order chi connectivity index (χ1) is 9.60. The zero-order valence-electron chi connectivity index (χ0n) is 10.4. The third-order valence-corrected chi connectivity index (χ3v) is 4.53. The highest BCUT2D eigenvalue weighted by Crippen LogP contribution is 2.14. The van der Waals surface area contributed by atoms with E-state index in [2.05, 4.69) is 15.9 Å². The third kappa shape index (κ3) is 3.62. The predicted molar refractivity (Wildman–Crippen MR) is 80.9 cm³/mol. The molecule has 100 valence electrons. The molecule has 0 aliphatic rings. The van der Waals surface area contributed by atoms with Gasteiger partial charge in [0.1, 0.15) is 0 Å². The van der Waals surface area contributed by atoms with Crippen molar-refractivity contribution in [3.05, 3.63) is 64.1 Å². The predicted octanol–water partition coefficient (Wildman–Crippen LogP) is 3.31. The molecule has 0 radical (unpaired) electrons. The lowest BCUT2D eigenvalue weighted by Crippen LogP contribution is -2.11. The minimum absolute atomic E-state index is 0.0620. The van der Waals surface area contributed by atoms with Gasteiger partial charge in [-0.25, -0.2) is 0 Å². The van der Waals surface area contributed by atoms with Gasteiger partial charge >= 0.3 is 0 Å². The number of carbonyl (C=O) groups excluding carboxylic acids is 1. The van der Waals surface area contributed by atoms with E-state index in [4.69, 9.17) is 5.26 Å². The van der Waals surface area contributed by atoms with E-state index in [-0.39, 0.29) is 11.5 Å². The second-order valence-corrected chi connectivity index (χ2v) is 6.42. The largest absolute Gasteiger partial charge is 0.293 e. The first-order valence-electron chi connectivity index (χ1n) is 5.77. The number of nitriles is 1. The Morgan fingerprint density at radius 1 is 1.10 bits per heavy atom. The van der Waals surface area contributed by atoms with Gasteiger partial charge < -0.3 is 0 Å². The molecule has 2 rings (SSSR count). The van der Waals surface area contributed by atoms with Crippen molar-refractivity contribution >= 4 is 32.5 Å². The average Bonchev–Trinajstić information content (AvgIpc) is 2.48. The molecule has 0 aliphatic carbocycles. The summed E-state index contributed by atoms with van der Waals surface area (Å²) in [6.07, 6.45) is 0. The Kier molecular flexibility index (Phi) is 4.83. The van der Waals surface area contributed by atoms with Gasteiger partial charge in [0.25, 0.3) is 0 Å². The highest BCUT2D eigenvalue weighted by molar-refractivity contribution is 9.10. The van der Waals surface area contributed by atoms with Gasteiger partial charge in [0, 0.05) is 14.9 Å².